The molecule has 11 nitrogen and oxygen atoms in total. The normalized spacial score (nSPS) is 33.1. The topological polar surface area (TPSA) is 125 Å². The predicted octanol–water partition coefficient (Wildman–Crippen LogP) is 3.02. The number of rotatable bonds is 12. The lowest BCUT2D eigenvalue weighted by Gasteiger charge is -2.53. The maximum Gasteiger partial charge on any atom is 0.303 e. The molecule has 9 atom stereocenters. The zero-order valence-electron chi connectivity index (χ0n) is 24.0. The standard InChI is InChI=1S/C30H40O11/c1-6-10-22-13-14-30(34-5)29(39-22)28(38-20(4)33)26-27(41-30)25(36-16-21-11-8-7-9-12-21)24(40-26)15-23(37-19(3)32)17-35-18(2)31/h6-9,11-12,22-29H,1,10,13-17H2,2-5H3/t22?,23?,24-,25+,26-,27+,28+,29-,30?/m1/s1. The molecule has 3 aliphatic heterocycles. The van der Waals surface area contributed by atoms with E-state index in [9.17, 15) is 14.4 Å². The van der Waals surface area contributed by atoms with Gasteiger partial charge in [-0.05, 0) is 18.4 Å². The summed E-state index contributed by atoms with van der Waals surface area (Å²) >= 11 is 0. The molecule has 11 heteroatoms. The molecule has 1 aromatic rings. The van der Waals surface area contributed by atoms with Gasteiger partial charge in [-0.25, -0.2) is 0 Å². The molecular weight excluding hydrogens is 536 g/mol. The van der Waals surface area contributed by atoms with Crippen molar-refractivity contribution in [2.24, 2.45) is 0 Å². The van der Waals surface area contributed by atoms with Crippen molar-refractivity contribution in [1.82, 2.24) is 0 Å². The van der Waals surface area contributed by atoms with E-state index in [-0.39, 0.29) is 25.7 Å². The number of hydrogen-bond acceptors (Lipinski definition) is 11. The molecule has 0 aromatic heterocycles. The average molecular weight is 577 g/mol. The van der Waals surface area contributed by atoms with E-state index >= 15 is 0 Å². The molecule has 3 fully saturated rings. The van der Waals surface area contributed by atoms with Crippen LogP contribution in [0.5, 0.6) is 0 Å². The highest BCUT2D eigenvalue weighted by atomic mass is 16.8. The van der Waals surface area contributed by atoms with Crippen molar-refractivity contribution < 1.29 is 52.3 Å². The van der Waals surface area contributed by atoms with E-state index in [0.717, 1.165) is 5.56 Å². The molecule has 4 rings (SSSR count). The summed E-state index contributed by atoms with van der Waals surface area (Å²) in [5.74, 6) is -2.75. The molecule has 3 saturated heterocycles. The smallest absolute Gasteiger partial charge is 0.303 e. The Morgan fingerprint density at radius 3 is 2.44 bits per heavy atom. The van der Waals surface area contributed by atoms with Gasteiger partial charge in [-0.15, -0.1) is 6.58 Å². The first-order valence-electron chi connectivity index (χ1n) is 13.9. The minimum absolute atomic E-state index is 0.139. The molecule has 3 heterocycles. The van der Waals surface area contributed by atoms with Crippen molar-refractivity contribution >= 4 is 17.9 Å². The molecule has 0 saturated carbocycles. The predicted molar refractivity (Wildman–Crippen MR) is 143 cm³/mol. The third-order valence-electron chi connectivity index (χ3n) is 7.55. The van der Waals surface area contributed by atoms with Crippen LogP contribution in [-0.2, 0) is 58.9 Å². The number of carbonyl (C=O) groups is 3. The fourth-order valence-electron chi connectivity index (χ4n) is 5.85. The van der Waals surface area contributed by atoms with Crippen LogP contribution < -0.4 is 0 Å². The van der Waals surface area contributed by atoms with E-state index in [2.05, 4.69) is 6.58 Å². The molecule has 0 radical (unpaired) electrons. The third-order valence-corrected chi connectivity index (χ3v) is 7.55. The molecule has 0 N–H and O–H groups in total. The highest BCUT2D eigenvalue weighted by Crippen LogP contribution is 2.48. The molecule has 0 bridgehead atoms. The Bertz CT molecular complexity index is 1060. The Kier molecular flexibility index (Phi) is 10.5. The number of esters is 3. The van der Waals surface area contributed by atoms with Crippen molar-refractivity contribution in [1.29, 1.82) is 0 Å². The molecule has 0 amide bonds. The van der Waals surface area contributed by atoms with Crippen LogP contribution in [0.15, 0.2) is 43.0 Å². The Balaban J connectivity index is 1.66. The summed E-state index contributed by atoms with van der Waals surface area (Å²) in [4.78, 5) is 35.7. The van der Waals surface area contributed by atoms with E-state index in [0.29, 0.717) is 19.3 Å². The second kappa shape index (κ2) is 13.9. The first-order chi connectivity index (χ1) is 19.7. The Labute approximate surface area is 240 Å². The monoisotopic (exact) mass is 576 g/mol. The van der Waals surface area contributed by atoms with Crippen LogP contribution in [-0.4, -0.2) is 86.2 Å². The minimum Gasteiger partial charge on any atom is -0.462 e. The van der Waals surface area contributed by atoms with Gasteiger partial charge in [-0.3, -0.25) is 14.4 Å². The van der Waals surface area contributed by atoms with Gasteiger partial charge in [-0.1, -0.05) is 36.4 Å². The van der Waals surface area contributed by atoms with Crippen molar-refractivity contribution in [2.45, 2.75) is 108 Å². The summed E-state index contributed by atoms with van der Waals surface area (Å²) in [6.07, 6.45) is -1.75. The van der Waals surface area contributed by atoms with Gasteiger partial charge in [0.1, 0.15) is 31.0 Å². The molecule has 3 aliphatic rings. The molecular formula is C30H40O11. The number of hydrogen-bond donors (Lipinski definition) is 0. The lowest BCUT2D eigenvalue weighted by Crippen LogP contribution is -2.69. The summed E-state index contributed by atoms with van der Waals surface area (Å²) in [7, 11) is 1.54. The average Bonchev–Trinajstić information content (AvgIpc) is 3.27. The largest absolute Gasteiger partial charge is 0.462 e. The second-order valence-corrected chi connectivity index (χ2v) is 10.6. The first-order valence-corrected chi connectivity index (χ1v) is 13.9. The Morgan fingerprint density at radius 2 is 1.80 bits per heavy atom. The number of fused-ring (bicyclic) bond motifs is 2. The first kappa shape index (κ1) is 31.1. The van der Waals surface area contributed by atoms with Crippen LogP contribution in [0.1, 0.15) is 52.0 Å². The number of carbonyl (C=O) groups excluding carboxylic acids is 3. The van der Waals surface area contributed by atoms with Crippen molar-refractivity contribution in [3.63, 3.8) is 0 Å². The summed E-state index contributed by atoms with van der Waals surface area (Å²) in [6, 6.07) is 9.62. The van der Waals surface area contributed by atoms with Gasteiger partial charge in [0, 0.05) is 40.7 Å². The SMILES string of the molecule is C=CCC1CCC2(OC)O[C@@H]3[C@@H](O[C@H](CC(COC(C)=O)OC(C)=O)[C@@H]3OCc3ccccc3)[C@H](OC(C)=O)[C@H]2O1. The Morgan fingerprint density at radius 1 is 1.05 bits per heavy atom. The molecule has 226 valence electrons. The van der Waals surface area contributed by atoms with Crippen molar-refractivity contribution in [3.05, 3.63) is 48.6 Å². The third kappa shape index (κ3) is 7.52. The van der Waals surface area contributed by atoms with E-state index in [4.69, 9.17) is 37.9 Å². The van der Waals surface area contributed by atoms with E-state index in [1.165, 1.54) is 27.9 Å². The van der Waals surface area contributed by atoms with E-state index < -0.39 is 66.4 Å². The van der Waals surface area contributed by atoms with Gasteiger partial charge in [-0.2, -0.15) is 0 Å². The van der Waals surface area contributed by atoms with Crippen LogP contribution in [0.2, 0.25) is 0 Å². The van der Waals surface area contributed by atoms with Crippen LogP contribution in [0.4, 0.5) is 0 Å². The number of methoxy groups -OCH3 is 1. The van der Waals surface area contributed by atoms with Gasteiger partial charge < -0.3 is 37.9 Å². The van der Waals surface area contributed by atoms with Crippen LogP contribution in [0.3, 0.4) is 0 Å². The zero-order valence-corrected chi connectivity index (χ0v) is 24.0. The van der Waals surface area contributed by atoms with Crippen LogP contribution in [0, 0.1) is 0 Å². The highest BCUT2D eigenvalue weighted by Gasteiger charge is 2.65. The molecule has 1 aromatic carbocycles. The summed E-state index contributed by atoms with van der Waals surface area (Å²) in [5.41, 5.74) is 0.936. The van der Waals surface area contributed by atoms with Crippen LogP contribution >= 0.6 is 0 Å². The summed E-state index contributed by atoms with van der Waals surface area (Å²) < 4.78 is 48.5. The maximum atomic E-state index is 12.3. The lowest BCUT2D eigenvalue weighted by atomic mass is 9.84. The zero-order chi connectivity index (χ0) is 29.6. The van der Waals surface area contributed by atoms with E-state index in [1.807, 2.05) is 30.3 Å². The second-order valence-electron chi connectivity index (χ2n) is 10.6. The van der Waals surface area contributed by atoms with Gasteiger partial charge in [0.25, 0.3) is 0 Å². The molecule has 3 unspecified atom stereocenters. The fraction of sp³-hybridized carbons (Fsp3) is 0.633. The van der Waals surface area contributed by atoms with Gasteiger partial charge in [0.05, 0.1) is 18.8 Å². The molecule has 0 spiro atoms. The van der Waals surface area contributed by atoms with Gasteiger partial charge >= 0.3 is 17.9 Å². The van der Waals surface area contributed by atoms with Crippen LogP contribution in [0.25, 0.3) is 0 Å². The number of ether oxygens (including phenoxy) is 8. The highest BCUT2D eigenvalue weighted by molar-refractivity contribution is 5.67. The minimum atomic E-state index is -1.21. The Hall–Kier alpha value is -2.83. The maximum absolute atomic E-state index is 12.3. The van der Waals surface area contributed by atoms with E-state index in [1.54, 1.807) is 6.08 Å². The molecule has 0 aliphatic carbocycles. The summed E-state index contributed by atoms with van der Waals surface area (Å²) in [6.45, 7) is 7.80. The van der Waals surface area contributed by atoms with Gasteiger partial charge in [0.15, 0.2) is 18.0 Å². The quantitative estimate of drug-likeness (QED) is 0.207. The van der Waals surface area contributed by atoms with Crippen molar-refractivity contribution in [3.8, 4) is 0 Å². The van der Waals surface area contributed by atoms with Gasteiger partial charge in [0.2, 0.25) is 0 Å². The fourth-order valence-corrected chi connectivity index (χ4v) is 5.85. The van der Waals surface area contributed by atoms with Crippen molar-refractivity contribution in [2.75, 3.05) is 13.7 Å². The lowest BCUT2D eigenvalue weighted by molar-refractivity contribution is -0.382. The number of benzene rings is 1. The molecule has 41 heavy (non-hydrogen) atoms. The summed E-state index contributed by atoms with van der Waals surface area (Å²) in [5, 5.41) is 0.